The number of nitrogens with zero attached hydrogens (tertiary/aromatic N) is 1. The molecule has 0 aliphatic carbocycles. The summed E-state index contributed by atoms with van der Waals surface area (Å²) >= 11 is 1.47. The summed E-state index contributed by atoms with van der Waals surface area (Å²) < 4.78 is 23.9. The number of aromatic nitrogens is 1. The minimum atomic E-state index is -0.484. The van der Waals surface area contributed by atoms with E-state index in [2.05, 4.69) is 5.16 Å². The average Bonchev–Trinajstić information content (AvgIpc) is 3.04. The molecule has 25 heavy (non-hydrogen) atoms. The number of esters is 1. The summed E-state index contributed by atoms with van der Waals surface area (Å²) in [5.41, 5.74) is 1.60. The lowest BCUT2D eigenvalue weighted by Crippen LogP contribution is -2.07. The summed E-state index contributed by atoms with van der Waals surface area (Å²) in [7, 11) is 0. The second-order valence-corrected chi connectivity index (χ2v) is 6.40. The molecule has 128 valence electrons. The number of halogens is 1. The van der Waals surface area contributed by atoms with Gasteiger partial charge >= 0.3 is 5.97 Å². The third-order valence-electron chi connectivity index (χ3n) is 3.48. The van der Waals surface area contributed by atoms with Gasteiger partial charge in [0.05, 0.1) is 11.3 Å². The second-order valence-electron chi connectivity index (χ2n) is 5.38. The van der Waals surface area contributed by atoms with Crippen LogP contribution in [0.1, 0.15) is 27.4 Å². The van der Waals surface area contributed by atoms with Crippen LogP contribution >= 0.6 is 11.8 Å². The Kier molecular flexibility index (Phi) is 5.50. The van der Waals surface area contributed by atoms with Crippen molar-refractivity contribution in [3.05, 3.63) is 83.0 Å². The predicted molar refractivity (Wildman–Crippen MR) is 92.8 cm³/mol. The van der Waals surface area contributed by atoms with Crippen molar-refractivity contribution in [2.75, 3.05) is 0 Å². The van der Waals surface area contributed by atoms with Crippen LogP contribution in [0.3, 0.4) is 0 Å². The van der Waals surface area contributed by atoms with Gasteiger partial charge in [-0.1, -0.05) is 35.5 Å². The van der Waals surface area contributed by atoms with Gasteiger partial charge in [-0.3, -0.25) is 0 Å². The maximum absolute atomic E-state index is 13.6. The molecule has 0 amide bonds. The number of thioether (sulfide) groups is 1. The van der Waals surface area contributed by atoms with Crippen LogP contribution in [0.15, 0.2) is 64.0 Å². The van der Waals surface area contributed by atoms with E-state index < -0.39 is 5.97 Å². The molecule has 0 fully saturated rings. The Labute approximate surface area is 149 Å². The summed E-state index contributed by atoms with van der Waals surface area (Å²) in [6.07, 6.45) is 0. The van der Waals surface area contributed by atoms with Crippen LogP contribution in [-0.2, 0) is 17.1 Å². The summed E-state index contributed by atoms with van der Waals surface area (Å²) in [4.78, 5) is 13.2. The molecule has 0 unspecified atom stereocenters. The summed E-state index contributed by atoms with van der Waals surface area (Å²) in [6, 6.07) is 15.2. The van der Waals surface area contributed by atoms with Gasteiger partial charge in [0.15, 0.2) is 0 Å². The fraction of sp³-hybridized carbons (Fsp3) is 0.158. The van der Waals surface area contributed by atoms with E-state index in [0.29, 0.717) is 16.9 Å². The topological polar surface area (TPSA) is 52.3 Å². The van der Waals surface area contributed by atoms with Crippen LogP contribution in [0, 0.1) is 12.7 Å². The highest BCUT2D eigenvalue weighted by Gasteiger charge is 2.14. The number of hydrogen-bond donors (Lipinski definition) is 0. The van der Waals surface area contributed by atoms with Gasteiger partial charge in [0.1, 0.15) is 18.2 Å². The van der Waals surface area contributed by atoms with E-state index in [0.717, 1.165) is 16.3 Å². The van der Waals surface area contributed by atoms with E-state index >= 15 is 0 Å². The van der Waals surface area contributed by atoms with Gasteiger partial charge in [-0.05, 0) is 25.1 Å². The number of rotatable bonds is 6. The second kappa shape index (κ2) is 7.98. The van der Waals surface area contributed by atoms with Crippen molar-refractivity contribution in [3.8, 4) is 0 Å². The third kappa shape index (κ3) is 4.48. The lowest BCUT2D eigenvalue weighted by Gasteiger charge is -2.09. The summed E-state index contributed by atoms with van der Waals surface area (Å²) in [5, 5.41) is 3.94. The molecular formula is C19H16FNO3S. The molecule has 3 rings (SSSR count). The number of ether oxygens (including phenoxy) is 1. The first-order valence-electron chi connectivity index (χ1n) is 7.68. The van der Waals surface area contributed by atoms with Crippen molar-refractivity contribution in [1.82, 2.24) is 5.16 Å². The van der Waals surface area contributed by atoms with Crippen LogP contribution in [0.25, 0.3) is 0 Å². The molecule has 3 aromatic rings. The van der Waals surface area contributed by atoms with Crippen molar-refractivity contribution in [1.29, 1.82) is 0 Å². The highest BCUT2D eigenvalue weighted by Crippen LogP contribution is 2.27. The molecule has 0 spiro atoms. The molecule has 1 heterocycles. The molecule has 0 radical (unpaired) electrons. The molecule has 0 aliphatic rings. The van der Waals surface area contributed by atoms with Crippen LogP contribution in [0.5, 0.6) is 0 Å². The SMILES string of the molecule is Cc1cc(CSc2ccccc2C(=O)OCc2ccccc2F)no1. The number of hydrogen-bond acceptors (Lipinski definition) is 5. The lowest BCUT2D eigenvalue weighted by atomic mass is 10.2. The van der Waals surface area contributed by atoms with Gasteiger partial charge in [-0.2, -0.15) is 0 Å². The Morgan fingerprint density at radius 3 is 2.72 bits per heavy atom. The highest BCUT2D eigenvalue weighted by molar-refractivity contribution is 7.98. The Morgan fingerprint density at radius 2 is 1.96 bits per heavy atom. The van der Waals surface area contributed by atoms with Crippen LogP contribution < -0.4 is 0 Å². The summed E-state index contributed by atoms with van der Waals surface area (Å²) in [6.45, 7) is 1.72. The smallest absolute Gasteiger partial charge is 0.339 e. The molecule has 6 heteroatoms. The highest BCUT2D eigenvalue weighted by atomic mass is 32.2. The number of aryl methyl sites for hydroxylation is 1. The largest absolute Gasteiger partial charge is 0.457 e. The zero-order chi connectivity index (χ0) is 17.6. The van der Waals surface area contributed by atoms with Gasteiger partial charge in [0.25, 0.3) is 0 Å². The van der Waals surface area contributed by atoms with E-state index in [1.54, 1.807) is 30.3 Å². The Morgan fingerprint density at radius 1 is 1.20 bits per heavy atom. The maximum atomic E-state index is 13.6. The van der Waals surface area contributed by atoms with Crippen molar-refractivity contribution in [2.24, 2.45) is 0 Å². The quantitative estimate of drug-likeness (QED) is 0.470. The van der Waals surface area contributed by atoms with E-state index in [9.17, 15) is 9.18 Å². The van der Waals surface area contributed by atoms with Gasteiger partial charge in [0, 0.05) is 22.3 Å². The molecular weight excluding hydrogens is 341 g/mol. The Balaban J connectivity index is 1.67. The first kappa shape index (κ1) is 17.2. The average molecular weight is 357 g/mol. The maximum Gasteiger partial charge on any atom is 0.339 e. The lowest BCUT2D eigenvalue weighted by molar-refractivity contribution is 0.0465. The Bertz CT molecular complexity index is 878. The minimum absolute atomic E-state index is 0.104. The van der Waals surface area contributed by atoms with Crippen LogP contribution in [0.4, 0.5) is 4.39 Å². The Hall–Kier alpha value is -2.60. The zero-order valence-corrected chi connectivity index (χ0v) is 14.4. The first-order valence-corrected chi connectivity index (χ1v) is 8.66. The molecule has 0 N–H and O–H groups in total. The fourth-order valence-electron chi connectivity index (χ4n) is 2.24. The van der Waals surface area contributed by atoms with E-state index in [4.69, 9.17) is 9.26 Å². The summed E-state index contributed by atoms with van der Waals surface area (Å²) in [5.74, 6) is 0.449. The first-order chi connectivity index (χ1) is 12.1. The van der Waals surface area contributed by atoms with Crippen molar-refractivity contribution < 1.29 is 18.4 Å². The standard InChI is InChI=1S/C19H16FNO3S/c1-13-10-15(21-24-13)12-25-18-9-5-3-7-16(18)19(22)23-11-14-6-2-4-8-17(14)20/h2-10H,11-12H2,1H3. The molecule has 0 aliphatic heterocycles. The van der Waals surface area contributed by atoms with Crippen LogP contribution in [0.2, 0.25) is 0 Å². The number of benzene rings is 2. The zero-order valence-electron chi connectivity index (χ0n) is 13.6. The van der Waals surface area contributed by atoms with E-state index in [1.165, 1.54) is 17.8 Å². The van der Waals surface area contributed by atoms with Crippen molar-refractivity contribution in [2.45, 2.75) is 24.2 Å². The number of carbonyl (C=O) groups is 1. The third-order valence-corrected chi connectivity index (χ3v) is 4.58. The van der Waals surface area contributed by atoms with Gasteiger partial charge < -0.3 is 9.26 Å². The molecule has 2 aromatic carbocycles. The fourth-order valence-corrected chi connectivity index (χ4v) is 3.16. The minimum Gasteiger partial charge on any atom is -0.457 e. The number of carbonyl (C=O) groups excluding carboxylic acids is 1. The van der Waals surface area contributed by atoms with E-state index in [-0.39, 0.29) is 12.4 Å². The monoisotopic (exact) mass is 357 g/mol. The predicted octanol–water partition coefficient (Wildman–Crippen LogP) is 4.77. The van der Waals surface area contributed by atoms with Crippen LogP contribution in [-0.4, -0.2) is 11.1 Å². The van der Waals surface area contributed by atoms with Gasteiger partial charge in [-0.25, -0.2) is 9.18 Å². The molecule has 0 saturated carbocycles. The van der Waals surface area contributed by atoms with Gasteiger partial charge in [0.2, 0.25) is 0 Å². The molecule has 0 bridgehead atoms. The normalized spacial score (nSPS) is 10.6. The van der Waals surface area contributed by atoms with E-state index in [1.807, 2.05) is 25.1 Å². The molecule has 1 aromatic heterocycles. The molecule has 0 atom stereocenters. The molecule has 0 saturated heterocycles. The molecule has 4 nitrogen and oxygen atoms in total. The van der Waals surface area contributed by atoms with Gasteiger partial charge in [-0.15, -0.1) is 11.8 Å². The van der Waals surface area contributed by atoms with Crippen molar-refractivity contribution in [3.63, 3.8) is 0 Å². The van der Waals surface area contributed by atoms with Crippen molar-refractivity contribution >= 4 is 17.7 Å².